The fourth-order valence-corrected chi connectivity index (χ4v) is 2.75. The van der Waals surface area contributed by atoms with Gasteiger partial charge in [0.2, 0.25) is 5.88 Å². The fraction of sp³-hybridized carbons (Fsp3) is 0.0667. The van der Waals surface area contributed by atoms with Crippen LogP contribution < -0.4 is 0 Å². The number of halogens is 1. The number of sulfone groups is 1. The molecule has 0 saturated heterocycles. The number of hydrogen-bond acceptors (Lipinski definition) is 5. The second kappa shape index (κ2) is 5.68. The molecule has 0 aliphatic heterocycles. The summed E-state index contributed by atoms with van der Waals surface area (Å²) in [6.45, 7) is 0. The number of aromatic hydroxyl groups is 1. The van der Waals surface area contributed by atoms with E-state index in [1.54, 1.807) is 24.3 Å². The molecule has 0 radical (unpaired) electrons. The summed E-state index contributed by atoms with van der Waals surface area (Å²) in [5.74, 6) is 0.224. The predicted molar refractivity (Wildman–Crippen MR) is 86.6 cm³/mol. The van der Waals surface area contributed by atoms with Crippen molar-refractivity contribution in [2.24, 2.45) is 0 Å². The summed E-state index contributed by atoms with van der Waals surface area (Å²) in [6.07, 6.45) is 3.84. The van der Waals surface area contributed by atoms with Crippen molar-refractivity contribution >= 4 is 21.4 Å². The molecule has 0 saturated carbocycles. The molecule has 0 bridgehead atoms. The zero-order valence-corrected chi connectivity index (χ0v) is 13.6. The van der Waals surface area contributed by atoms with Gasteiger partial charge >= 0.3 is 0 Å². The van der Waals surface area contributed by atoms with E-state index >= 15 is 0 Å². The minimum absolute atomic E-state index is 0.0908. The van der Waals surface area contributed by atoms with Crippen LogP contribution in [-0.2, 0) is 9.84 Å². The number of rotatable bonds is 3. The van der Waals surface area contributed by atoms with Crippen LogP contribution >= 0.6 is 11.6 Å². The third-order valence-corrected chi connectivity index (χ3v) is 4.61. The SMILES string of the molecule is CS(=O)(=O)c1ccc(-n2ncc(-c3ccc(Cl)cc3)c2O)nc1. The minimum Gasteiger partial charge on any atom is -0.493 e. The first-order valence-corrected chi connectivity index (χ1v) is 8.82. The van der Waals surface area contributed by atoms with Gasteiger partial charge in [-0.3, -0.25) is 0 Å². The Morgan fingerprint density at radius 3 is 2.35 bits per heavy atom. The Hall–Kier alpha value is -2.38. The van der Waals surface area contributed by atoms with Gasteiger partial charge in [0.15, 0.2) is 15.7 Å². The van der Waals surface area contributed by atoms with Gasteiger partial charge in [-0.1, -0.05) is 23.7 Å². The van der Waals surface area contributed by atoms with E-state index in [-0.39, 0.29) is 10.8 Å². The monoisotopic (exact) mass is 349 g/mol. The summed E-state index contributed by atoms with van der Waals surface area (Å²) in [5, 5.41) is 15.0. The molecular weight excluding hydrogens is 338 g/mol. The molecule has 118 valence electrons. The van der Waals surface area contributed by atoms with Crippen LogP contribution in [0, 0.1) is 0 Å². The lowest BCUT2D eigenvalue weighted by Crippen LogP contribution is -2.02. The first-order valence-electron chi connectivity index (χ1n) is 6.55. The molecule has 8 heteroatoms. The Kier molecular flexibility index (Phi) is 3.83. The fourth-order valence-electron chi connectivity index (χ4n) is 2.06. The lowest BCUT2D eigenvalue weighted by atomic mass is 10.1. The third kappa shape index (κ3) is 3.06. The predicted octanol–water partition coefficient (Wildman–Crippen LogP) is 2.70. The maximum Gasteiger partial charge on any atom is 0.223 e. The topological polar surface area (TPSA) is 85.1 Å². The van der Waals surface area contributed by atoms with Gasteiger partial charge in [-0.05, 0) is 29.8 Å². The van der Waals surface area contributed by atoms with Gasteiger partial charge in [-0.15, -0.1) is 0 Å². The van der Waals surface area contributed by atoms with Crippen LogP contribution in [0.3, 0.4) is 0 Å². The largest absolute Gasteiger partial charge is 0.493 e. The number of aromatic nitrogens is 3. The highest BCUT2D eigenvalue weighted by Crippen LogP contribution is 2.31. The molecule has 0 spiro atoms. The lowest BCUT2D eigenvalue weighted by molar-refractivity contribution is 0.433. The Bertz CT molecular complexity index is 949. The highest BCUT2D eigenvalue weighted by Gasteiger charge is 2.15. The van der Waals surface area contributed by atoms with E-state index < -0.39 is 9.84 Å². The molecule has 0 amide bonds. The van der Waals surface area contributed by atoms with Crippen molar-refractivity contribution in [2.75, 3.05) is 6.26 Å². The highest BCUT2D eigenvalue weighted by molar-refractivity contribution is 7.90. The Morgan fingerprint density at radius 1 is 1.09 bits per heavy atom. The van der Waals surface area contributed by atoms with E-state index in [0.29, 0.717) is 16.4 Å². The van der Waals surface area contributed by atoms with Crippen LogP contribution in [0.2, 0.25) is 5.02 Å². The van der Waals surface area contributed by atoms with E-state index in [9.17, 15) is 13.5 Å². The zero-order chi connectivity index (χ0) is 16.6. The van der Waals surface area contributed by atoms with Crippen LogP contribution in [0.15, 0.2) is 53.7 Å². The van der Waals surface area contributed by atoms with Crippen molar-refractivity contribution in [2.45, 2.75) is 4.90 Å². The molecular formula is C15H12ClN3O3S. The molecule has 3 aromatic rings. The van der Waals surface area contributed by atoms with Crippen molar-refractivity contribution in [1.82, 2.24) is 14.8 Å². The molecule has 0 aliphatic carbocycles. The summed E-state index contributed by atoms with van der Waals surface area (Å²) < 4.78 is 24.1. The standard InChI is InChI=1S/C15H12ClN3O3S/c1-23(21,22)12-6-7-14(17-8-12)19-15(20)13(9-18-19)10-2-4-11(16)5-3-10/h2-9,20H,1H3. The summed E-state index contributed by atoms with van der Waals surface area (Å²) >= 11 is 5.85. The van der Waals surface area contributed by atoms with E-state index in [4.69, 9.17) is 11.6 Å². The molecule has 0 atom stereocenters. The zero-order valence-electron chi connectivity index (χ0n) is 12.0. The van der Waals surface area contributed by atoms with Crippen molar-refractivity contribution in [3.8, 4) is 22.8 Å². The molecule has 0 unspecified atom stereocenters. The van der Waals surface area contributed by atoms with Gasteiger partial charge in [-0.2, -0.15) is 9.78 Å². The summed E-state index contributed by atoms with van der Waals surface area (Å²) in [6, 6.07) is 9.86. The van der Waals surface area contributed by atoms with Gasteiger partial charge in [0.25, 0.3) is 0 Å². The Morgan fingerprint density at radius 2 is 1.78 bits per heavy atom. The summed E-state index contributed by atoms with van der Waals surface area (Å²) in [7, 11) is -3.32. The highest BCUT2D eigenvalue weighted by atomic mass is 35.5. The van der Waals surface area contributed by atoms with Crippen LogP contribution in [0.5, 0.6) is 5.88 Å². The van der Waals surface area contributed by atoms with Gasteiger partial charge < -0.3 is 5.11 Å². The molecule has 1 aromatic carbocycles. The van der Waals surface area contributed by atoms with Crippen molar-refractivity contribution in [1.29, 1.82) is 0 Å². The first kappa shape index (κ1) is 15.5. The van der Waals surface area contributed by atoms with Crippen LogP contribution in [-0.4, -0.2) is 34.5 Å². The van der Waals surface area contributed by atoms with Gasteiger partial charge in [-0.25, -0.2) is 13.4 Å². The van der Waals surface area contributed by atoms with E-state index in [0.717, 1.165) is 11.8 Å². The lowest BCUT2D eigenvalue weighted by Gasteiger charge is -2.04. The van der Waals surface area contributed by atoms with Crippen molar-refractivity contribution in [3.63, 3.8) is 0 Å². The molecule has 0 aliphatic rings. The van der Waals surface area contributed by atoms with E-state index in [1.165, 1.54) is 29.2 Å². The Balaban J connectivity index is 2.00. The molecule has 23 heavy (non-hydrogen) atoms. The van der Waals surface area contributed by atoms with Crippen molar-refractivity contribution < 1.29 is 13.5 Å². The molecule has 6 nitrogen and oxygen atoms in total. The molecule has 0 fully saturated rings. The average molecular weight is 350 g/mol. The number of benzene rings is 1. The second-order valence-electron chi connectivity index (χ2n) is 4.92. The average Bonchev–Trinajstić information content (AvgIpc) is 2.89. The Labute approximate surface area is 137 Å². The maximum absolute atomic E-state index is 11.4. The maximum atomic E-state index is 11.4. The molecule has 2 aromatic heterocycles. The van der Waals surface area contributed by atoms with Crippen molar-refractivity contribution in [3.05, 3.63) is 53.8 Å². The van der Waals surface area contributed by atoms with Crippen LogP contribution in [0.4, 0.5) is 0 Å². The van der Waals surface area contributed by atoms with E-state index in [2.05, 4.69) is 10.1 Å². The number of nitrogens with zero attached hydrogens (tertiary/aromatic N) is 3. The van der Waals surface area contributed by atoms with Crippen LogP contribution in [0.25, 0.3) is 16.9 Å². The van der Waals surface area contributed by atoms with Crippen LogP contribution in [0.1, 0.15) is 0 Å². The normalized spacial score (nSPS) is 11.6. The number of pyridine rings is 1. The third-order valence-electron chi connectivity index (χ3n) is 3.26. The second-order valence-corrected chi connectivity index (χ2v) is 7.38. The smallest absolute Gasteiger partial charge is 0.223 e. The minimum atomic E-state index is -3.32. The van der Waals surface area contributed by atoms with Gasteiger partial charge in [0.05, 0.1) is 16.7 Å². The van der Waals surface area contributed by atoms with E-state index in [1.807, 2.05) is 0 Å². The van der Waals surface area contributed by atoms with Gasteiger partial charge in [0, 0.05) is 17.5 Å². The number of hydrogen-bond donors (Lipinski definition) is 1. The molecule has 1 N–H and O–H groups in total. The molecule has 2 heterocycles. The summed E-state index contributed by atoms with van der Waals surface area (Å²) in [5.41, 5.74) is 1.28. The first-order chi connectivity index (χ1) is 10.9. The quantitative estimate of drug-likeness (QED) is 0.785. The molecule has 3 rings (SSSR count). The summed E-state index contributed by atoms with van der Waals surface area (Å²) in [4.78, 5) is 4.14. The van der Waals surface area contributed by atoms with Gasteiger partial charge in [0.1, 0.15) is 0 Å².